The van der Waals surface area contributed by atoms with E-state index in [0.29, 0.717) is 6.04 Å². The van der Waals surface area contributed by atoms with Crippen LogP contribution in [0.5, 0.6) is 0 Å². The second-order valence-electron chi connectivity index (χ2n) is 4.56. The molecule has 90 valence electrons. The lowest BCUT2D eigenvalue weighted by Gasteiger charge is -2.22. The molecule has 17 heavy (non-hydrogen) atoms. The maximum absolute atomic E-state index is 5.19. The predicted molar refractivity (Wildman–Crippen MR) is 62.3 cm³/mol. The topological polar surface area (TPSA) is 66.7 Å². The van der Waals surface area contributed by atoms with Crippen LogP contribution in [0.4, 0.5) is 0 Å². The van der Waals surface area contributed by atoms with E-state index in [2.05, 4.69) is 20.7 Å². The van der Waals surface area contributed by atoms with Crippen molar-refractivity contribution >= 4 is 0 Å². The minimum Gasteiger partial charge on any atom is -0.360 e. The van der Waals surface area contributed by atoms with Gasteiger partial charge in [-0.2, -0.15) is 5.10 Å². The van der Waals surface area contributed by atoms with Crippen molar-refractivity contribution in [2.45, 2.75) is 38.8 Å². The van der Waals surface area contributed by atoms with Crippen LogP contribution in [-0.2, 0) is 13.0 Å². The van der Waals surface area contributed by atoms with E-state index in [1.54, 1.807) is 0 Å². The van der Waals surface area contributed by atoms with Crippen LogP contribution in [0.15, 0.2) is 16.8 Å². The summed E-state index contributed by atoms with van der Waals surface area (Å²) in [5.41, 5.74) is 3.49. The van der Waals surface area contributed by atoms with Crippen molar-refractivity contribution < 1.29 is 4.52 Å². The van der Waals surface area contributed by atoms with E-state index in [1.165, 1.54) is 17.7 Å². The second-order valence-corrected chi connectivity index (χ2v) is 4.56. The second kappa shape index (κ2) is 4.33. The van der Waals surface area contributed by atoms with Crippen molar-refractivity contribution in [3.8, 4) is 0 Å². The first-order valence-electron chi connectivity index (χ1n) is 6.00. The molecule has 2 heterocycles. The number of aromatic nitrogens is 3. The van der Waals surface area contributed by atoms with Gasteiger partial charge < -0.3 is 9.84 Å². The third kappa shape index (κ3) is 2.10. The van der Waals surface area contributed by atoms with Crippen LogP contribution in [0.2, 0.25) is 0 Å². The molecule has 0 saturated carbocycles. The molecule has 0 amide bonds. The standard InChI is InChI=1S/C12H16N4O/c1-8-5-9(17-16-8)6-13-11-3-2-4-12-10(11)7-14-15-12/h5,7,11,13H,2-4,6H2,1H3,(H,14,15). The van der Waals surface area contributed by atoms with E-state index >= 15 is 0 Å². The molecule has 0 aromatic carbocycles. The van der Waals surface area contributed by atoms with Crippen molar-refractivity contribution in [1.82, 2.24) is 20.7 Å². The van der Waals surface area contributed by atoms with Crippen LogP contribution < -0.4 is 5.32 Å². The predicted octanol–water partition coefficient (Wildman–Crippen LogP) is 1.87. The molecule has 0 bridgehead atoms. The number of hydrogen-bond donors (Lipinski definition) is 2. The lowest BCUT2D eigenvalue weighted by atomic mass is 9.93. The summed E-state index contributed by atoms with van der Waals surface area (Å²) >= 11 is 0. The number of fused-ring (bicyclic) bond motifs is 1. The number of rotatable bonds is 3. The minimum absolute atomic E-state index is 0.378. The highest BCUT2D eigenvalue weighted by molar-refractivity contribution is 5.23. The molecule has 5 heteroatoms. The van der Waals surface area contributed by atoms with E-state index in [0.717, 1.165) is 30.8 Å². The zero-order valence-electron chi connectivity index (χ0n) is 9.86. The quantitative estimate of drug-likeness (QED) is 0.847. The Morgan fingerprint density at radius 1 is 1.59 bits per heavy atom. The van der Waals surface area contributed by atoms with E-state index in [9.17, 15) is 0 Å². The largest absolute Gasteiger partial charge is 0.360 e. The summed E-state index contributed by atoms with van der Waals surface area (Å²) in [5.74, 6) is 0.887. The van der Waals surface area contributed by atoms with Crippen molar-refractivity contribution in [2.75, 3.05) is 0 Å². The van der Waals surface area contributed by atoms with Gasteiger partial charge in [-0.1, -0.05) is 5.16 Å². The smallest absolute Gasteiger partial charge is 0.150 e. The first-order chi connectivity index (χ1) is 8.33. The van der Waals surface area contributed by atoms with Gasteiger partial charge in [0.25, 0.3) is 0 Å². The number of aryl methyl sites for hydroxylation is 2. The SMILES string of the molecule is Cc1cc(CNC2CCCc3[nH]ncc32)on1. The van der Waals surface area contributed by atoms with E-state index in [4.69, 9.17) is 4.52 Å². The fourth-order valence-electron chi connectivity index (χ4n) is 2.40. The molecule has 0 fully saturated rings. The van der Waals surface area contributed by atoms with Gasteiger partial charge in [-0.15, -0.1) is 0 Å². The van der Waals surface area contributed by atoms with Crippen LogP contribution in [0.1, 0.15) is 41.6 Å². The average Bonchev–Trinajstić information content (AvgIpc) is 2.94. The highest BCUT2D eigenvalue weighted by Crippen LogP contribution is 2.28. The van der Waals surface area contributed by atoms with Crippen molar-refractivity contribution in [2.24, 2.45) is 0 Å². The molecule has 1 atom stereocenters. The van der Waals surface area contributed by atoms with E-state index in [1.807, 2.05) is 19.2 Å². The number of H-pyrrole nitrogens is 1. The third-order valence-corrected chi connectivity index (χ3v) is 3.25. The van der Waals surface area contributed by atoms with E-state index in [-0.39, 0.29) is 0 Å². The molecule has 0 saturated heterocycles. The molecule has 2 aromatic rings. The minimum atomic E-state index is 0.378. The third-order valence-electron chi connectivity index (χ3n) is 3.25. The molecule has 5 nitrogen and oxygen atoms in total. The van der Waals surface area contributed by atoms with Gasteiger partial charge in [0.1, 0.15) is 0 Å². The summed E-state index contributed by atoms with van der Waals surface area (Å²) < 4.78 is 5.19. The lowest BCUT2D eigenvalue weighted by Crippen LogP contribution is -2.24. The summed E-state index contributed by atoms with van der Waals surface area (Å²) in [6.45, 7) is 2.65. The maximum Gasteiger partial charge on any atom is 0.150 e. The van der Waals surface area contributed by atoms with Gasteiger partial charge >= 0.3 is 0 Å². The Labute approximate surface area is 99.6 Å². The van der Waals surface area contributed by atoms with Gasteiger partial charge in [-0.25, -0.2) is 0 Å². The molecule has 2 aromatic heterocycles. The van der Waals surface area contributed by atoms with Crippen LogP contribution in [0.3, 0.4) is 0 Å². The number of nitrogens with zero attached hydrogens (tertiary/aromatic N) is 2. The van der Waals surface area contributed by atoms with Gasteiger partial charge in [0.15, 0.2) is 5.76 Å². The highest BCUT2D eigenvalue weighted by Gasteiger charge is 2.21. The van der Waals surface area contributed by atoms with E-state index < -0.39 is 0 Å². The molecule has 0 aliphatic heterocycles. The van der Waals surface area contributed by atoms with Gasteiger partial charge in [0, 0.05) is 23.4 Å². The molecule has 1 aliphatic carbocycles. The molecule has 0 spiro atoms. The van der Waals surface area contributed by atoms with Crippen molar-refractivity contribution in [1.29, 1.82) is 0 Å². The Bertz CT molecular complexity index is 502. The monoisotopic (exact) mass is 232 g/mol. The van der Waals surface area contributed by atoms with Gasteiger partial charge in [-0.3, -0.25) is 5.10 Å². The Hall–Kier alpha value is -1.62. The van der Waals surface area contributed by atoms with Crippen LogP contribution in [0, 0.1) is 6.92 Å². The number of aromatic amines is 1. The molecule has 2 N–H and O–H groups in total. The Morgan fingerprint density at radius 3 is 3.35 bits per heavy atom. The van der Waals surface area contributed by atoms with Gasteiger partial charge in [-0.05, 0) is 26.2 Å². The summed E-state index contributed by atoms with van der Waals surface area (Å²) in [4.78, 5) is 0. The zero-order chi connectivity index (χ0) is 11.7. The average molecular weight is 232 g/mol. The summed E-state index contributed by atoms with van der Waals surface area (Å²) in [5, 5.41) is 14.6. The highest BCUT2D eigenvalue weighted by atomic mass is 16.5. The normalized spacial score (nSPS) is 19.2. The Morgan fingerprint density at radius 2 is 2.53 bits per heavy atom. The molecule has 1 unspecified atom stereocenters. The van der Waals surface area contributed by atoms with Gasteiger partial charge in [0.2, 0.25) is 0 Å². The summed E-state index contributed by atoms with van der Waals surface area (Å²) in [6.07, 6.45) is 5.38. The Balaban J connectivity index is 1.67. The molecular weight excluding hydrogens is 216 g/mol. The van der Waals surface area contributed by atoms with Crippen molar-refractivity contribution in [3.63, 3.8) is 0 Å². The lowest BCUT2D eigenvalue weighted by molar-refractivity contribution is 0.353. The number of nitrogens with one attached hydrogen (secondary N) is 2. The number of hydrogen-bond acceptors (Lipinski definition) is 4. The Kier molecular flexibility index (Phi) is 2.68. The van der Waals surface area contributed by atoms with Crippen LogP contribution in [0.25, 0.3) is 0 Å². The van der Waals surface area contributed by atoms with Gasteiger partial charge in [0.05, 0.1) is 18.4 Å². The zero-order valence-corrected chi connectivity index (χ0v) is 9.86. The molecule has 3 rings (SSSR count). The summed E-state index contributed by atoms with van der Waals surface area (Å²) in [7, 11) is 0. The van der Waals surface area contributed by atoms with Crippen LogP contribution >= 0.6 is 0 Å². The van der Waals surface area contributed by atoms with Crippen molar-refractivity contribution in [3.05, 3.63) is 35.0 Å². The first kappa shape index (κ1) is 10.5. The first-order valence-corrected chi connectivity index (χ1v) is 6.00. The fraction of sp³-hybridized carbons (Fsp3) is 0.500. The maximum atomic E-state index is 5.19. The summed E-state index contributed by atoms with van der Waals surface area (Å²) in [6, 6.07) is 2.34. The molecular formula is C12H16N4O. The fourth-order valence-corrected chi connectivity index (χ4v) is 2.40. The molecule has 1 aliphatic rings. The molecule has 0 radical (unpaired) electrons. The van der Waals surface area contributed by atoms with Crippen LogP contribution in [-0.4, -0.2) is 15.4 Å².